The van der Waals surface area contributed by atoms with E-state index in [2.05, 4.69) is 43.5 Å². The largest absolute Gasteiger partial charge is 0.355 e. The van der Waals surface area contributed by atoms with E-state index >= 15 is 0 Å². The molecule has 0 amide bonds. The Morgan fingerprint density at radius 3 is 2.65 bits per heavy atom. The van der Waals surface area contributed by atoms with Crippen molar-refractivity contribution in [3.05, 3.63) is 5.69 Å². The van der Waals surface area contributed by atoms with Gasteiger partial charge in [-0.05, 0) is 31.8 Å². The summed E-state index contributed by atoms with van der Waals surface area (Å²) in [5, 5.41) is 15.7. The molecule has 0 aliphatic carbocycles. The second-order valence-electron chi connectivity index (χ2n) is 3.52. The van der Waals surface area contributed by atoms with Crippen molar-refractivity contribution in [1.29, 1.82) is 0 Å². The van der Waals surface area contributed by atoms with Crippen LogP contribution in [0.3, 0.4) is 0 Å². The molecule has 0 saturated heterocycles. The van der Waals surface area contributed by atoms with Gasteiger partial charge in [0, 0.05) is 13.1 Å². The maximum Gasteiger partial charge on any atom is 0.224 e. The third-order valence-corrected chi connectivity index (χ3v) is 3.26. The second kappa shape index (κ2) is 5.22. The van der Waals surface area contributed by atoms with Crippen molar-refractivity contribution < 1.29 is 0 Å². The first kappa shape index (κ1) is 12.0. The fourth-order valence-corrected chi connectivity index (χ4v) is 2.41. The maximum absolute atomic E-state index is 4.24. The van der Waals surface area contributed by atoms with E-state index in [4.69, 9.17) is 0 Å². The molecule has 2 heterocycles. The quantitative estimate of drug-likeness (QED) is 0.879. The highest BCUT2D eigenvalue weighted by molar-refractivity contribution is 7.09. The molecule has 0 bridgehead atoms. The average Bonchev–Trinajstić information content (AvgIpc) is 2.94. The van der Waals surface area contributed by atoms with Crippen LogP contribution in [0.1, 0.15) is 26.5 Å². The fraction of sp³-hybridized carbons (Fsp3) is 0.600. The van der Waals surface area contributed by atoms with Gasteiger partial charge in [-0.3, -0.25) is 4.57 Å². The molecule has 0 fully saturated rings. The number of hydrogen-bond acceptors (Lipinski definition) is 6. The molecule has 2 rings (SSSR count). The molecule has 0 radical (unpaired) electrons. The number of hydrogen-bond donors (Lipinski definition) is 1. The molecule has 0 spiro atoms. The summed E-state index contributed by atoms with van der Waals surface area (Å²) in [6, 6.07) is 0. The molecule has 0 saturated carbocycles. The molecule has 6 nitrogen and oxygen atoms in total. The minimum absolute atomic E-state index is 0.806. The van der Waals surface area contributed by atoms with Gasteiger partial charge in [0.1, 0.15) is 4.88 Å². The third-order valence-electron chi connectivity index (χ3n) is 2.50. The highest BCUT2D eigenvalue weighted by Crippen LogP contribution is 2.26. The summed E-state index contributed by atoms with van der Waals surface area (Å²) in [4.78, 5) is 1.02. The predicted molar refractivity (Wildman–Crippen MR) is 68.1 cm³/mol. The Hall–Kier alpha value is -1.50. The Bertz CT molecular complexity index is 489. The number of nitrogens with one attached hydrogen (secondary N) is 1. The normalized spacial score (nSPS) is 10.8. The molecule has 0 atom stereocenters. The minimum Gasteiger partial charge on any atom is -0.355 e. The monoisotopic (exact) mass is 252 g/mol. The Balaban J connectivity index is 2.45. The van der Waals surface area contributed by atoms with E-state index in [-0.39, 0.29) is 0 Å². The first-order valence-electron chi connectivity index (χ1n) is 5.80. The van der Waals surface area contributed by atoms with E-state index < -0.39 is 0 Å². The van der Waals surface area contributed by atoms with E-state index in [1.54, 1.807) is 0 Å². The third kappa shape index (κ3) is 2.14. The van der Waals surface area contributed by atoms with Crippen molar-refractivity contribution in [2.45, 2.75) is 33.7 Å². The number of aryl methyl sites for hydroxylation is 1. The lowest BCUT2D eigenvalue weighted by Crippen LogP contribution is -2.07. The fourth-order valence-electron chi connectivity index (χ4n) is 1.67. The first-order chi connectivity index (χ1) is 8.31. The average molecular weight is 252 g/mol. The zero-order valence-electron chi connectivity index (χ0n) is 10.3. The second-order valence-corrected chi connectivity index (χ2v) is 4.28. The van der Waals surface area contributed by atoms with Crippen LogP contribution in [0.2, 0.25) is 0 Å². The van der Waals surface area contributed by atoms with Crippen molar-refractivity contribution in [1.82, 2.24) is 24.4 Å². The molecular weight excluding hydrogens is 236 g/mol. The molecule has 0 aliphatic heterocycles. The molecule has 1 N–H and O–H groups in total. The Morgan fingerprint density at radius 1 is 1.18 bits per heavy atom. The van der Waals surface area contributed by atoms with Gasteiger partial charge in [-0.25, -0.2) is 0 Å². The van der Waals surface area contributed by atoms with Gasteiger partial charge in [-0.15, -0.1) is 15.3 Å². The Labute approximate surface area is 104 Å². The molecular formula is C10H16N6S. The van der Waals surface area contributed by atoms with Crippen LogP contribution >= 0.6 is 11.5 Å². The summed E-state index contributed by atoms with van der Waals surface area (Å²) in [5.41, 5.74) is 0.986. The van der Waals surface area contributed by atoms with Gasteiger partial charge in [0.2, 0.25) is 5.95 Å². The predicted octanol–water partition coefficient (Wildman–Crippen LogP) is 1.81. The van der Waals surface area contributed by atoms with Gasteiger partial charge in [0.05, 0.1) is 5.69 Å². The Morgan fingerprint density at radius 2 is 2.00 bits per heavy atom. The molecule has 2 aromatic heterocycles. The van der Waals surface area contributed by atoms with E-state index in [1.807, 2.05) is 6.92 Å². The number of aromatic nitrogens is 5. The van der Waals surface area contributed by atoms with E-state index in [0.717, 1.165) is 41.9 Å². The first-order valence-corrected chi connectivity index (χ1v) is 6.57. The molecule has 17 heavy (non-hydrogen) atoms. The van der Waals surface area contributed by atoms with Gasteiger partial charge >= 0.3 is 0 Å². The van der Waals surface area contributed by atoms with Gasteiger partial charge < -0.3 is 5.32 Å². The van der Waals surface area contributed by atoms with Crippen molar-refractivity contribution in [3.8, 4) is 10.7 Å². The summed E-state index contributed by atoms with van der Waals surface area (Å²) in [6.45, 7) is 7.84. The lowest BCUT2D eigenvalue weighted by molar-refractivity contribution is 0.770. The molecule has 7 heteroatoms. The standard InChI is InChI=1S/C10H16N6S/c1-4-7-8(17-15-12-7)9-13-14-10(11-5-2)16(9)6-3/h4-6H2,1-3H3,(H,11,14). The molecule has 0 aromatic carbocycles. The minimum atomic E-state index is 0.806. The van der Waals surface area contributed by atoms with Crippen LogP contribution in [0.15, 0.2) is 0 Å². The van der Waals surface area contributed by atoms with Crippen LogP contribution in [0.5, 0.6) is 0 Å². The number of anilines is 1. The lowest BCUT2D eigenvalue weighted by Gasteiger charge is -2.06. The van der Waals surface area contributed by atoms with Crippen LogP contribution in [0, 0.1) is 0 Å². The number of nitrogens with zero attached hydrogens (tertiary/aromatic N) is 5. The van der Waals surface area contributed by atoms with Crippen molar-refractivity contribution in [3.63, 3.8) is 0 Å². The molecule has 0 aliphatic rings. The van der Waals surface area contributed by atoms with Crippen LogP contribution < -0.4 is 5.32 Å². The van der Waals surface area contributed by atoms with Gasteiger partial charge in [-0.1, -0.05) is 11.4 Å². The molecule has 2 aromatic rings. The van der Waals surface area contributed by atoms with Crippen molar-refractivity contribution in [2.24, 2.45) is 0 Å². The summed E-state index contributed by atoms with van der Waals surface area (Å²) < 4.78 is 6.04. The topological polar surface area (TPSA) is 68.5 Å². The van der Waals surface area contributed by atoms with Crippen LogP contribution in [-0.2, 0) is 13.0 Å². The highest BCUT2D eigenvalue weighted by Gasteiger charge is 2.17. The van der Waals surface area contributed by atoms with E-state index in [0.29, 0.717) is 0 Å². The summed E-state index contributed by atoms with van der Waals surface area (Å²) in [6.07, 6.45) is 0.860. The SMILES string of the molecule is CCNc1nnc(-c2snnc2CC)n1CC. The summed E-state index contributed by atoms with van der Waals surface area (Å²) in [7, 11) is 0. The zero-order valence-corrected chi connectivity index (χ0v) is 11.1. The zero-order chi connectivity index (χ0) is 12.3. The van der Waals surface area contributed by atoms with Crippen LogP contribution in [-0.4, -0.2) is 30.9 Å². The Kier molecular flexibility index (Phi) is 3.68. The smallest absolute Gasteiger partial charge is 0.224 e. The maximum atomic E-state index is 4.24. The lowest BCUT2D eigenvalue weighted by atomic mass is 10.3. The van der Waals surface area contributed by atoms with Crippen molar-refractivity contribution >= 4 is 17.5 Å². The van der Waals surface area contributed by atoms with Crippen LogP contribution in [0.4, 0.5) is 5.95 Å². The van der Waals surface area contributed by atoms with Gasteiger partial charge in [-0.2, -0.15) is 0 Å². The van der Waals surface area contributed by atoms with E-state index in [9.17, 15) is 0 Å². The van der Waals surface area contributed by atoms with Crippen molar-refractivity contribution in [2.75, 3.05) is 11.9 Å². The molecule has 0 unspecified atom stereocenters. The van der Waals surface area contributed by atoms with Crippen LogP contribution in [0.25, 0.3) is 10.7 Å². The summed E-state index contributed by atoms with van der Waals surface area (Å²) in [5.74, 6) is 1.66. The molecule has 92 valence electrons. The summed E-state index contributed by atoms with van der Waals surface area (Å²) >= 11 is 1.38. The highest BCUT2D eigenvalue weighted by atomic mass is 32.1. The van der Waals surface area contributed by atoms with Gasteiger partial charge in [0.15, 0.2) is 5.82 Å². The van der Waals surface area contributed by atoms with Gasteiger partial charge in [0.25, 0.3) is 0 Å². The number of rotatable bonds is 5. The van der Waals surface area contributed by atoms with E-state index in [1.165, 1.54) is 11.5 Å².